The number of carbonyl (C=O) groups is 1. The fourth-order valence-corrected chi connectivity index (χ4v) is 4.99. The number of methoxy groups -OCH3 is 1. The maximum atomic E-state index is 15.4. The molecule has 42 heavy (non-hydrogen) atoms. The lowest BCUT2D eigenvalue weighted by Gasteiger charge is -2.19. The monoisotopic (exact) mass is 587 g/mol. The summed E-state index contributed by atoms with van der Waals surface area (Å²) >= 11 is 0. The Morgan fingerprint density at radius 1 is 1.14 bits per heavy atom. The van der Waals surface area contributed by atoms with Gasteiger partial charge in [-0.2, -0.15) is 18.3 Å². The zero-order chi connectivity index (χ0) is 29.9. The van der Waals surface area contributed by atoms with E-state index in [0.29, 0.717) is 36.4 Å². The number of halogens is 4. The predicted octanol–water partition coefficient (Wildman–Crippen LogP) is 5.15. The Bertz CT molecular complexity index is 1580. The van der Waals surface area contributed by atoms with Gasteiger partial charge in [0, 0.05) is 50.2 Å². The summed E-state index contributed by atoms with van der Waals surface area (Å²) in [5, 5.41) is 9.09. The molecule has 0 spiro atoms. The number of ether oxygens (including phenoxy) is 2. The summed E-state index contributed by atoms with van der Waals surface area (Å²) in [6.45, 7) is 3.57. The molecule has 4 N–H and O–H groups in total. The van der Waals surface area contributed by atoms with Crippen molar-refractivity contribution < 1.29 is 31.8 Å². The van der Waals surface area contributed by atoms with E-state index in [2.05, 4.69) is 25.6 Å². The van der Waals surface area contributed by atoms with E-state index in [1.807, 2.05) is 0 Å². The first kappa shape index (κ1) is 29.2. The molecule has 10 nitrogen and oxygen atoms in total. The highest BCUT2D eigenvalue weighted by molar-refractivity contribution is 6.00. The van der Waals surface area contributed by atoms with E-state index in [4.69, 9.17) is 15.2 Å². The van der Waals surface area contributed by atoms with Crippen LogP contribution in [0.15, 0.2) is 48.8 Å². The van der Waals surface area contributed by atoms with Gasteiger partial charge in [-0.1, -0.05) is 12.1 Å². The van der Waals surface area contributed by atoms with Crippen molar-refractivity contribution >= 4 is 28.7 Å². The second-order valence-corrected chi connectivity index (χ2v) is 9.73. The normalized spacial score (nSPS) is 14.6. The zero-order valence-electron chi connectivity index (χ0n) is 22.7. The first-order chi connectivity index (χ1) is 20.2. The van der Waals surface area contributed by atoms with Gasteiger partial charge in [-0.3, -0.25) is 4.90 Å². The molecule has 5 rings (SSSR count). The Morgan fingerprint density at radius 3 is 2.74 bits per heavy atom. The average molecular weight is 588 g/mol. The van der Waals surface area contributed by atoms with E-state index in [0.717, 1.165) is 49.0 Å². The molecule has 2 aromatic heterocycles. The van der Waals surface area contributed by atoms with Gasteiger partial charge in [0.25, 0.3) is 0 Å². The van der Waals surface area contributed by atoms with Gasteiger partial charge in [-0.15, -0.1) is 0 Å². The van der Waals surface area contributed by atoms with Gasteiger partial charge in [0.2, 0.25) is 0 Å². The number of amides is 2. The first-order valence-electron chi connectivity index (χ1n) is 13.1. The van der Waals surface area contributed by atoms with Crippen molar-refractivity contribution in [3.8, 4) is 11.1 Å². The lowest BCUT2D eigenvalue weighted by atomic mass is 10.0. The van der Waals surface area contributed by atoms with Crippen LogP contribution in [0.1, 0.15) is 23.2 Å². The topological polar surface area (TPSA) is 119 Å². The van der Waals surface area contributed by atoms with Crippen molar-refractivity contribution in [3.63, 3.8) is 0 Å². The zero-order valence-corrected chi connectivity index (χ0v) is 22.7. The summed E-state index contributed by atoms with van der Waals surface area (Å²) in [6.07, 6.45) is -2.33. The number of nitrogen functional groups attached to an aromatic ring is 1. The molecule has 3 heterocycles. The molecule has 222 valence electrons. The molecule has 0 bridgehead atoms. The number of nitrogens with two attached hydrogens (primary N) is 1. The van der Waals surface area contributed by atoms with Gasteiger partial charge in [-0.05, 0) is 42.3 Å². The molecule has 1 fully saturated rings. The second-order valence-electron chi connectivity index (χ2n) is 9.73. The summed E-state index contributed by atoms with van der Waals surface area (Å²) in [6, 6.07) is 7.44. The van der Waals surface area contributed by atoms with Gasteiger partial charge in [0.15, 0.2) is 5.82 Å². The van der Waals surface area contributed by atoms with E-state index in [-0.39, 0.29) is 23.8 Å². The summed E-state index contributed by atoms with van der Waals surface area (Å²) in [4.78, 5) is 18.9. The third-order valence-electron chi connectivity index (χ3n) is 6.89. The number of hydrogen-bond acceptors (Lipinski definition) is 7. The van der Waals surface area contributed by atoms with E-state index < -0.39 is 23.6 Å². The molecule has 0 saturated carbocycles. The molecular formula is C28H29F4N7O3. The van der Waals surface area contributed by atoms with Crippen LogP contribution in [0.2, 0.25) is 0 Å². The van der Waals surface area contributed by atoms with Gasteiger partial charge in [-0.25, -0.2) is 18.7 Å². The van der Waals surface area contributed by atoms with Crippen LogP contribution in [0.25, 0.3) is 16.6 Å². The van der Waals surface area contributed by atoms with Crippen LogP contribution >= 0.6 is 0 Å². The quantitative estimate of drug-likeness (QED) is 0.256. The van der Waals surface area contributed by atoms with Crippen LogP contribution in [0.4, 0.5) is 39.5 Å². The predicted molar refractivity (Wildman–Crippen MR) is 148 cm³/mol. The van der Waals surface area contributed by atoms with Gasteiger partial charge in [0.05, 0.1) is 30.2 Å². The molecule has 2 amide bonds. The molecule has 1 aliphatic rings. The summed E-state index contributed by atoms with van der Waals surface area (Å²) in [5.41, 5.74) is 8.23. The van der Waals surface area contributed by atoms with Crippen molar-refractivity contribution in [2.24, 2.45) is 0 Å². The Morgan fingerprint density at radius 2 is 1.98 bits per heavy atom. The Balaban J connectivity index is 1.46. The minimum absolute atomic E-state index is 0.0946. The van der Waals surface area contributed by atoms with E-state index in [9.17, 15) is 18.0 Å². The maximum absolute atomic E-state index is 15.4. The first-order valence-corrected chi connectivity index (χ1v) is 13.1. The van der Waals surface area contributed by atoms with Crippen molar-refractivity contribution in [2.75, 3.05) is 49.8 Å². The van der Waals surface area contributed by atoms with E-state index in [1.54, 1.807) is 17.7 Å². The van der Waals surface area contributed by atoms with Gasteiger partial charge in [0.1, 0.15) is 17.7 Å². The number of anilines is 3. The van der Waals surface area contributed by atoms with Gasteiger partial charge < -0.3 is 25.8 Å². The number of carbonyl (C=O) groups excluding carboxylic acids is 1. The minimum atomic E-state index is -4.57. The van der Waals surface area contributed by atoms with Crippen LogP contribution in [0, 0.1) is 5.82 Å². The highest BCUT2D eigenvalue weighted by atomic mass is 19.4. The molecule has 1 aliphatic heterocycles. The highest BCUT2D eigenvalue weighted by Gasteiger charge is 2.30. The third kappa shape index (κ3) is 6.30. The highest BCUT2D eigenvalue weighted by Crippen LogP contribution is 2.38. The van der Waals surface area contributed by atoms with E-state index in [1.165, 1.54) is 24.5 Å². The smallest absolute Gasteiger partial charge is 0.382 e. The number of fused-ring (bicyclic) bond motifs is 1. The number of benzene rings is 2. The second kappa shape index (κ2) is 12.3. The molecule has 14 heteroatoms. The lowest BCUT2D eigenvalue weighted by molar-refractivity contribution is -0.137. The fraction of sp³-hybridized carbons (Fsp3) is 0.321. The lowest BCUT2D eigenvalue weighted by Crippen LogP contribution is -2.27. The molecular weight excluding hydrogens is 558 g/mol. The molecule has 0 atom stereocenters. The average Bonchev–Trinajstić information content (AvgIpc) is 3.07. The van der Waals surface area contributed by atoms with Crippen LogP contribution in [-0.4, -0.2) is 58.9 Å². The molecule has 0 radical (unpaired) electrons. The maximum Gasteiger partial charge on any atom is 0.416 e. The standard InChI is InChI=1S/C28H29F4N7O3/c1-41-15-20-23(14-38-8-3-10-42-11-9-38)39-25(26(33)34-16-35-39)24(20)17-6-7-22(21(29)12-17)37-27(40)36-19-5-2-4-18(13-19)28(30,31)32/h2,4-7,12-13,16H,3,8-11,14-15H2,1H3,(H2,33,34,35)(H2,36,37,40). The van der Waals surface area contributed by atoms with Crippen LogP contribution in [-0.2, 0) is 28.8 Å². The number of aromatic nitrogens is 3. The van der Waals surface area contributed by atoms with Crippen molar-refractivity contribution in [2.45, 2.75) is 25.7 Å². The summed E-state index contributed by atoms with van der Waals surface area (Å²) in [7, 11) is 1.56. The van der Waals surface area contributed by atoms with Crippen LogP contribution in [0.3, 0.4) is 0 Å². The Hall–Kier alpha value is -4.27. The number of hydrogen-bond donors (Lipinski definition) is 3. The number of alkyl halides is 3. The Kier molecular flexibility index (Phi) is 8.56. The number of nitrogens with one attached hydrogen (secondary N) is 2. The van der Waals surface area contributed by atoms with Crippen LogP contribution in [0.5, 0.6) is 0 Å². The minimum Gasteiger partial charge on any atom is -0.382 e. The van der Waals surface area contributed by atoms with Crippen LogP contribution < -0.4 is 16.4 Å². The van der Waals surface area contributed by atoms with Crippen molar-refractivity contribution in [1.29, 1.82) is 0 Å². The fourth-order valence-electron chi connectivity index (χ4n) is 4.99. The molecule has 1 saturated heterocycles. The van der Waals surface area contributed by atoms with Crippen molar-refractivity contribution in [1.82, 2.24) is 19.5 Å². The molecule has 4 aromatic rings. The Labute approximate surface area is 238 Å². The SMILES string of the molecule is COCc1c(-c2ccc(NC(=O)Nc3cccc(C(F)(F)F)c3)c(F)c2)c2c(N)ncnn2c1CN1CCCOCC1. The molecule has 2 aromatic carbocycles. The number of urea groups is 1. The summed E-state index contributed by atoms with van der Waals surface area (Å²) in [5.74, 6) is -0.568. The largest absolute Gasteiger partial charge is 0.416 e. The molecule has 0 aliphatic carbocycles. The van der Waals surface area contributed by atoms with E-state index >= 15 is 4.39 Å². The molecule has 0 unspecified atom stereocenters. The number of nitrogens with zero attached hydrogens (tertiary/aromatic N) is 4. The van der Waals surface area contributed by atoms with Gasteiger partial charge >= 0.3 is 12.2 Å². The summed E-state index contributed by atoms with van der Waals surface area (Å²) < 4.78 is 67.2. The van der Waals surface area contributed by atoms with Crippen molar-refractivity contribution in [3.05, 3.63) is 71.4 Å². The third-order valence-corrected chi connectivity index (χ3v) is 6.89. The number of rotatable bonds is 7.